The standard InChI is InChI=1S/C12H23N3O3/c1-9(2)11(14-8-17)12(18)15-10(3)5-4-6-13-7-16/h7-11H,4-6H2,1-3H3,(H,13,16)(H,14,17)(H,15,18). The Labute approximate surface area is 108 Å². The van der Waals surface area contributed by atoms with Gasteiger partial charge in [0.1, 0.15) is 6.04 Å². The summed E-state index contributed by atoms with van der Waals surface area (Å²) in [6, 6.07) is -0.487. The second-order valence-corrected chi connectivity index (χ2v) is 4.63. The predicted molar refractivity (Wildman–Crippen MR) is 68.7 cm³/mol. The molecular formula is C12H23N3O3. The van der Waals surface area contributed by atoms with Crippen molar-refractivity contribution in [2.75, 3.05) is 6.54 Å². The third-order valence-corrected chi connectivity index (χ3v) is 2.63. The molecule has 0 spiro atoms. The molecule has 0 fully saturated rings. The van der Waals surface area contributed by atoms with Gasteiger partial charge in [0, 0.05) is 12.6 Å². The number of carbonyl (C=O) groups excluding carboxylic acids is 3. The van der Waals surface area contributed by atoms with Crippen molar-refractivity contribution < 1.29 is 14.4 Å². The normalized spacial score (nSPS) is 13.6. The van der Waals surface area contributed by atoms with E-state index in [2.05, 4.69) is 16.0 Å². The highest BCUT2D eigenvalue weighted by atomic mass is 16.2. The molecule has 6 nitrogen and oxygen atoms in total. The Morgan fingerprint density at radius 2 is 1.83 bits per heavy atom. The average molecular weight is 257 g/mol. The van der Waals surface area contributed by atoms with Crippen LogP contribution >= 0.6 is 0 Å². The molecular weight excluding hydrogens is 234 g/mol. The zero-order valence-corrected chi connectivity index (χ0v) is 11.2. The SMILES string of the molecule is CC(CCCNC=O)NC(=O)C(NC=O)C(C)C. The monoisotopic (exact) mass is 257 g/mol. The van der Waals surface area contributed by atoms with Gasteiger partial charge in [-0.2, -0.15) is 0 Å². The van der Waals surface area contributed by atoms with Gasteiger partial charge in [-0.3, -0.25) is 14.4 Å². The molecule has 18 heavy (non-hydrogen) atoms. The van der Waals surface area contributed by atoms with Crippen molar-refractivity contribution in [2.24, 2.45) is 5.92 Å². The molecule has 0 aromatic heterocycles. The summed E-state index contributed by atoms with van der Waals surface area (Å²) in [5.41, 5.74) is 0. The van der Waals surface area contributed by atoms with Gasteiger partial charge in [0.2, 0.25) is 18.7 Å². The lowest BCUT2D eigenvalue weighted by atomic mass is 10.0. The summed E-state index contributed by atoms with van der Waals surface area (Å²) in [5.74, 6) is -0.132. The van der Waals surface area contributed by atoms with E-state index in [1.165, 1.54) is 0 Å². The molecule has 0 rings (SSSR count). The molecule has 0 saturated carbocycles. The fourth-order valence-electron chi connectivity index (χ4n) is 1.62. The van der Waals surface area contributed by atoms with Crippen LogP contribution in [0.1, 0.15) is 33.6 Å². The van der Waals surface area contributed by atoms with E-state index in [-0.39, 0.29) is 17.9 Å². The second-order valence-electron chi connectivity index (χ2n) is 4.63. The fourth-order valence-corrected chi connectivity index (χ4v) is 1.62. The molecule has 104 valence electrons. The molecule has 0 aromatic rings. The first-order valence-corrected chi connectivity index (χ1v) is 6.20. The highest BCUT2D eigenvalue weighted by molar-refractivity contribution is 5.84. The molecule has 0 radical (unpaired) electrons. The number of amides is 3. The van der Waals surface area contributed by atoms with Gasteiger partial charge >= 0.3 is 0 Å². The molecule has 0 saturated heterocycles. The van der Waals surface area contributed by atoms with E-state index in [0.29, 0.717) is 19.4 Å². The number of carbonyl (C=O) groups is 3. The largest absolute Gasteiger partial charge is 0.359 e. The van der Waals surface area contributed by atoms with Crippen LogP contribution in [-0.2, 0) is 14.4 Å². The van der Waals surface area contributed by atoms with Gasteiger partial charge in [-0.25, -0.2) is 0 Å². The molecule has 0 aromatic carbocycles. The minimum atomic E-state index is -0.502. The highest BCUT2D eigenvalue weighted by Gasteiger charge is 2.22. The maximum absolute atomic E-state index is 11.9. The van der Waals surface area contributed by atoms with Crippen molar-refractivity contribution in [3.63, 3.8) is 0 Å². The summed E-state index contributed by atoms with van der Waals surface area (Å²) in [6.07, 6.45) is 2.78. The van der Waals surface area contributed by atoms with Gasteiger partial charge in [-0.15, -0.1) is 0 Å². The maximum atomic E-state index is 11.9. The molecule has 0 heterocycles. The van der Waals surface area contributed by atoms with E-state index in [0.717, 1.165) is 12.8 Å². The minimum Gasteiger partial charge on any atom is -0.359 e. The first kappa shape index (κ1) is 16.4. The lowest BCUT2D eigenvalue weighted by Gasteiger charge is -2.22. The summed E-state index contributed by atoms with van der Waals surface area (Å²) in [5, 5.41) is 7.93. The lowest BCUT2D eigenvalue weighted by Crippen LogP contribution is -2.49. The first-order chi connectivity index (χ1) is 8.52. The van der Waals surface area contributed by atoms with Gasteiger partial charge in [0.25, 0.3) is 0 Å². The average Bonchev–Trinajstić information content (AvgIpc) is 2.31. The zero-order chi connectivity index (χ0) is 14.0. The van der Waals surface area contributed by atoms with E-state index < -0.39 is 6.04 Å². The summed E-state index contributed by atoms with van der Waals surface area (Å²) in [4.78, 5) is 32.3. The Morgan fingerprint density at radius 3 is 2.33 bits per heavy atom. The number of rotatable bonds is 10. The van der Waals surface area contributed by atoms with Crippen LogP contribution in [0.2, 0.25) is 0 Å². The van der Waals surface area contributed by atoms with Gasteiger partial charge in [0.05, 0.1) is 0 Å². The van der Waals surface area contributed by atoms with E-state index in [9.17, 15) is 14.4 Å². The molecule has 2 atom stereocenters. The Bertz CT molecular complexity index is 269. The predicted octanol–water partition coefficient (Wildman–Crippen LogP) is -0.212. The molecule has 6 heteroatoms. The summed E-state index contributed by atoms with van der Waals surface area (Å²) < 4.78 is 0. The highest BCUT2D eigenvalue weighted by Crippen LogP contribution is 2.03. The van der Waals surface area contributed by atoms with Crippen LogP contribution in [0.3, 0.4) is 0 Å². The van der Waals surface area contributed by atoms with E-state index in [1.54, 1.807) is 0 Å². The Balaban J connectivity index is 4.02. The van der Waals surface area contributed by atoms with Crippen LogP contribution in [-0.4, -0.2) is 37.4 Å². The van der Waals surface area contributed by atoms with Gasteiger partial charge in [-0.05, 0) is 25.7 Å². The quantitative estimate of drug-likeness (QED) is 0.374. The second kappa shape index (κ2) is 9.44. The topological polar surface area (TPSA) is 87.3 Å². The summed E-state index contributed by atoms with van der Waals surface area (Å²) in [6.45, 7) is 6.25. The smallest absolute Gasteiger partial charge is 0.243 e. The lowest BCUT2D eigenvalue weighted by molar-refractivity contribution is -0.127. The van der Waals surface area contributed by atoms with Crippen molar-refractivity contribution in [3.8, 4) is 0 Å². The Kier molecular flexibility index (Phi) is 8.61. The van der Waals surface area contributed by atoms with Crippen LogP contribution in [0.25, 0.3) is 0 Å². The van der Waals surface area contributed by atoms with Gasteiger partial charge in [-0.1, -0.05) is 13.8 Å². The molecule has 0 aliphatic heterocycles. The van der Waals surface area contributed by atoms with Crippen molar-refractivity contribution >= 4 is 18.7 Å². The molecule has 3 amide bonds. The van der Waals surface area contributed by atoms with Crippen LogP contribution in [0.5, 0.6) is 0 Å². The van der Waals surface area contributed by atoms with Gasteiger partial charge < -0.3 is 16.0 Å². The molecule has 0 aliphatic carbocycles. The molecule has 0 bridgehead atoms. The Hall–Kier alpha value is -1.59. The fraction of sp³-hybridized carbons (Fsp3) is 0.750. The van der Waals surface area contributed by atoms with E-state index in [4.69, 9.17) is 0 Å². The minimum absolute atomic E-state index is 0.0145. The van der Waals surface area contributed by atoms with Crippen molar-refractivity contribution in [2.45, 2.75) is 45.7 Å². The van der Waals surface area contributed by atoms with Crippen molar-refractivity contribution in [1.82, 2.24) is 16.0 Å². The van der Waals surface area contributed by atoms with Crippen LogP contribution in [0.15, 0.2) is 0 Å². The third-order valence-electron chi connectivity index (χ3n) is 2.63. The van der Waals surface area contributed by atoms with Crippen LogP contribution in [0.4, 0.5) is 0 Å². The van der Waals surface area contributed by atoms with Gasteiger partial charge in [0.15, 0.2) is 0 Å². The summed E-state index contributed by atoms with van der Waals surface area (Å²) in [7, 11) is 0. The van der Waals surface area contributed by atoms with Crippen LogP contribution in [0, 0.1) is 5.92 Å². The number of nitrogens with one attached hydrogen (secondary N) is 3. The van der Waals surface area contributed by atoms with Crippen molar-refractivity contribution in [1.29, 1.82) is 0 Å². The number of hydrogen-bond acceptors (Lipinski definition) is 3. The summed E-state index contributed by atoms with van der Waals surface area (Å²) >= 11 is 0. The Morgan fingerprint density at radius 1 is 1.17 bits per heavy atom. The van der Waals surface area contributed by atoms with Crippen molar-refractivity contribution in [3.05, 3.63) is 0 Å². The van der Waals surface area contributed by atoms with E-state index >= 15 is 0 Å². The molecule has 3 N–H and O–H groups in total. The molecule has 2 unspecified atom stereocenters. The van der Waals surface area contributed by atoms with E-state index in [1.807, 2.05) is 20.8 Å². The first-order valence-electron chi connectivity index (χ1n) is 6.20. The number of hydrogen-bond donors (Lipinski definition) is 3. The third kappa shape index (κ3) is 6.88. The maximum Gasteiger partial charge on any atom is 0.243 e. The zero-order valence-electron chi connectivity index (χ0n) is 11.2. The van der Waals surface area contributed by atoms with Crippen LogP contribution < -0.4 is 16.0 Å². The molecule has 0 aliphatic rings.